The molecule has 0 bridgehead atoms. The third kappa shape index (κ3) is 11.5. The zero-order valence-electron chi connectivity index (χ0n) is 17.5. The number of rotatable bonds is 8. The average molecular weight is 550 g/mol. The maximum absolute atomic E-state index is 11.9. The largest absolute Gasteiger partial charge is 1.00 e. The van der Waals surface area contributed by atoms with Crippen LogP contribution in [0.4, 0.5) is 4.79 Å². The van der Waals surface area contributed by atoms with Gasteiger partial charge in [-0.2, -0.15) is 0 Å². The van der Waals surface area contributed by atoms with Crippen molar-refractivity contribution in [1.29, 1.82) is 0 Å². The molecule has 168 valence electrons. The van der Waals surface area contributed by atoms with Crippen LogP contribution in [0.2, 0.25) is 0 Å². The van der Waals surface area contributed by atoms with Gasteiger partial charge in [0.1, 0.15) is 12.3 Å². The first-order valence-electron chi connectivity index (χ1n) is 7.77. The molecule has 0 saturated carbocycles. The van der Waals surface area contributed by atoms with Crippen molar-refractivity contribution in [1.82, 2.24) is 10.2 Å². The molecule has 2 heterocycles. The molecule has 2 fully saturated rings. The van der Waals surface area contributed by atoms with Gasteiger partial charge in [-0.05, 0) is 0 Å². The molecule has 0 radical (unpaired) electrons. The standard InChI is InChI=1S/C10H19N2O14P3.3Na/c1-5-3-12(10(15)11-9(5)14)8-2-6(13)7(24-8)4-23-28(19,20)26-29(21,22)25-27(16,17)18;;;/h5-8,13H,2-4H2,1H3,(H,19,20)(H,21,22)(H,11,14,15)(H2,16,17,18);;;/q;3*+1/p-3/t5?,6-,7+,8+;;;/m0.../s1. The van der Waals surface area contributed by atoms with Crippen LogP contribution in [0.15, 0.2) is 0 Å². The molecule has 22 heteroatoms. The molecule has 4 unspecified atom stereocenters. The van der Waals surface area contributed by atoms with E-state index in [1.54, 1.807) is 6.92 Å². The van der Waals surface area contributed by atoms with Gasteiger partial charge in [0, 0.05) is 13.0 Å². The fourth-order valence-electron chi connectivity index (χ4n) is 2.52. The summed E-state index contributed by atoms with van der Waals surface area (Å²) < 4.78 is 49.1. The fourth-order valence-corrected chi connectivity index (χ4v) is 5.42. The van der Waals surface area contributed by atoms with E-state index in [0.29, 0.717) is 0 Å². The maximum Gasteiger partial charge on any atom is 1.00 e. The van der Waals surface area contributed by atoms with E-state index < -0.39 is 66.4 Å². The van der Waals surface area contributed by atoms with Gasteiger partial charge in [-0.3, -0.25) is 28.7 Å². The van der Waals surface area contributed by atoms with Crippen molar-refractivity contribution in [3.63, 3.8) is 0 Å². The minimum Gasteiger partial charge on any atom is -0.756 e. The molecule has 0 aromatic rings. The van der Waals surface area contributed by atoms with Gasteiger partial charge in [0.15, 0.2) is 0 Å². The molecule has 16 nitrogen and oxygen atoms in total. The molecular formula is C10H16N2Na3O14P3. The topological polar surface area (TPSA) is 247 Å². The van der Waals surface area contributed by atoms with E-state index in [4.69, 9.17) is 9.63 Å². The summed E-state index contributed by atoms with van der Waals surface area (Å²) >= 11 is 0. The summed E-state index contributed by atoms with van der Waals surface area (Å²) in [4.78, 5) is 65.7. The Morgan fingerprint density at radius 1 is 1.12 bits per heavy atom. The number of aliphatic hydroxyl groups is 1. The normalized spacial score (nSPS) is 31.0. The second-order valence-corrected chi connectivity index (χ2v) is 10.4. The third-order valence-electron chi connectivity index (χ3n) is 3.76. The Hall–Kier alpha value is 2.27. The van der Waals surface area contributed by atoms with E-state index in [9.17, 15) is 43.1 Å². The SMILES string of the molecule is CC1CN([C@H]2C[C@H](O)[C@@H](COP(=O)([O-])OP(=O)([O-])OP(=O)([O-])O)O2)C(=O)NC1=O.[Na+].[Na+].[Na+]. The Labute approximate surface area is 248 Å². The molecule has 0 aromatic heterocycles. The molecular weight excluding hydrogens is 534 g/mol. The van der Waals surface area contributed by atoms with Crippen LogP contribution in [0.1, 0.15) is 13.3 Å². The summed E-state index contributed by atoms with van der Waals surface area (Å²) in [6, 6.07) is -0.778. The van der Waals surface area contributed by atoms with Gasteiger partial charge in [0.25, 0.3) is 23.5 Å². The summed E-state index contributed by atoms with van der Waals surface area (Å²) in [7, 11) is -17.6. The zero-order valence-corrected chi connectivity index (χ0v) is 26.2. The van der Waals surface area contributed by atoms with Gasteiger partial charge < -0.3 is 33.9 Å². The number of aliphatic hydroxyl groups excluding tert-OH is 1. The predicted molar refractivity (Wildman–Crippen MR) is 81.9 cm³/mol. The zero-order chi connectivity index (χ0) is 22.2. The van der Waals surface area contributed by atoms with E-state index in [1.165, 1.54) is 0 Å². The van der Waals surface area contributed by atoms with Gasteiger partial charge in [0.05, 0.1) is 18.6 Å². The Balaban J connectivity index is 0. The molecule has 0 spiro atoms. The minimum atomic E-state index is -6.04. The summed E-state index contributed by atoms with van der Waals surface area (Å²) in [5.74, 6) is -1.06. The molecule has 2 aliphatic rings. The summed E-state index contributed by atoms with van der Waals surface area (Å²) in [6.45, 7) is 0.560. The molecule has 0 aromatic carbocycles. The molecule has 2 saturated heterocycles. The summed E-state index contributed by atoms with van der Waals surface area (Å²) in [6.07, 6.45) is -3.88. The molecule has 0 aliphatic carbocycles. The van der Waals surface area contributed by atoms with E-state index in [1.807, 2.05) is 0 Å². The molecule has 32 heavy (non-hydrogen) atoms. The van der Waals surface area contributed by atoms with Crippen molar-refractivity contribution in [2.75, 3.05) is 13.2 Å². The van der Waals surface area contributed by atoms with Gasteiger partial charge in [0.2, 0.25) is 5.91 Å². The first-order chi connectivity index (χ1) is 13.1. The predicted octanol–water partition coefficient (Wildman–Crippen LogP) is -11.9. The van der Waals surface area contributed by atoms with Gasteiger partial charge >= 0.3 is 94.7 Å². The van der Waals surface area contributed by atoms with Crippen LogP contribution in [-0.2, 0) is 36.4 Å². The first kappa shape index (κ1) is 36.4. The second-order valence-electron chi connectivity index (χ2n) is 6.10. The number of carbonyl (C=O) groups excluding carboxylic acids is 2. The number of amides is 3. The van der Waals surface area contributed by atoms with Crippen LogP contribution in [0.5, 0.6) is 0 Å². The van der Waals surface area contributed by atoms with Crippen molar-refractivity contribution < 1.29 is 155 Å². The number of hydrogen-bond acceptors (Lipinski definition) is 13. The monoisotopic (exact) mass is 550 g/mol. The van der Waals surface area contributed by atoms with Gasteiger partial charge in [-0.1, -0.05) is 6.92 Å². The van der Waals surface area contributed by atoms with Crippen molar-refractivity contribution in [2.24, 2.45) is 5.92 Å². The number of urea groups is 1. The maximum atomic E-state index is 11.9. The Morgan fingerprint density at radius 3 is 2.22 bits per heavy atom. The van der Waals surface area contributed by atoms with Gasteiger partial charge in [-0.25, -0.2) is 13.4 Å². The Kier molecular flexibility index (Phi) is 16.2. The van der Waals surface area contributed by atoms with Crippen LogP contribution < -0.4 is 109 Å². The number of hydrogen-bond donors (Lipinski definition) is 3. The molecule has 7 atom stereocenters. The van der Waals surface area contributed by atoms with E-state index in [-0.39, 0.29) is 102 Å². The molecule has 2 rings (SSSR count). The average Bonchev–Trinajstić information content (AvgIpc) is 2.86. The second kappa shape index (κ2) is 14.3. The van der Waals surface area contributed by atoms with Crippen LogP contribution in [0, 0.1) is 5.92 Å². The summed E-state index contributed by atoms with van der Waals surface area (Å²) in [5, 5.41) is 12.0. The number of nitrogens with zero attached hydrogens (tertiary/aromatic N) is 1. The van der Waals surface area contributed by atoms with E-state index >= 15 is 0 Å². The number of imide groups is 1. The fraction of sp³-hybridized carbons (Fsp3) is 0.800. The number of phosphoric acid groups is 3. The number of phosphoric ester groups is 1. The van der Waals surface area contributed by atoms with Crippen LogP contribution in [0.25, 0.3) is 0 Å². The van der Waals surface area contributed by atoms with E-state index in [2.05, 4.69) is 18.5 Å². The first-order valence-corrected chi connectivity index (χ1v) is 12.2. The number of ether oxygens (including phenoxy) is 1. The van der Waals surface area contributed by atoms with E-state index in [0.717, 1.165) is 4.90 Å². The third-order valence-corrected chi connectivity index (χ3v) is 7.45. The van der Waals surface area contributed by atoms with Crippen LogP contribution in [0.3, 0.4) is 0 Å². The summed E-state index contributed by atoms with van der Waals surface area (Å²) in [5.41, 5.74) is 0. The van der Waals surface area contributed by atoms with Crippen LogP contribution >= 0.6 is 23.5 Å². The van der Waals surface area contributed by atoms with Crippen molar-refractivity contribution in [2.45, 2.75) is 31.8 Å². The number of nitrogens with one attached hydrogen (secondary N) is 1. The van der Waals surface area contributed by atoms with Crippen molar-refractivity contribution in [3.8, 4) is 0 Å². The minimum absolute atomic E-state index is 0. The van der Waals surface area contributed by atoms with Crippen LogP contribution in [-0.4, -0.2) is 58.4 Å². The van der Waals surface area contributed by atoms with Crippen molar-refractivity contribution >= 4 is 35.4 Å². The number of carbonyl (C=O) groups is 2. The molecule has 2 aliphatic heterocycles. The Bertz CT molecular complexity index is 813. The smallest absolute Gasteiger partial charge is 0.756 e. The van der Waals surface area contributed by atoms with Crippen molar-refractivity contribution in [3.05, 3.63) is 0 Å². The molecule has 3 N–H and O–H groups in total. The Morgan fingerprint density at radius 2 is 1.69 bits per heavy atom. The van der Waals surface area contributed by atoms with Gasteiger partial charge in [-0.15, -0.1) is 0 Å². The quantitative estimate of drug-likeness (QED) is 0.188. The molecule has 3 amide bonds.